The molecule has 6 heteroatoms. The normalized spacial score (nSPS) is 28.6. The van der Waals surface area contributed by atoms with Gasteiger partial charge in [0.2, 0.25) is 0 Å². The third kappa shape index (κ3) is 2.81. The van der Waals surface area contributed by atoms with Crippen LogP contribution in [0.3, 0.4) is 0 Å². The molecule has 4 fully saturated rings. The first-order valence-corrected chi connectivity index (χ1v) is 10.3. The molecule has 1 N–H and O–H groups in total. The molecule has 25 heavy (non-hydrogen) atoms. The summed E-state index contributed by atoms with van der Waals surface area (Å²) in [5.41, 5.74) is 1.83. The zero-order chi connectivity index (χ0) is 16.8. The fraction of sp³-hybridized carbons (Fsp3) is 0.579. The van der Waals surface area contributed by atoms with Crippen molar-refractivity contribution in [2.45, 2.75) is 31.7 Å². The van der Waals surface area contributed by atoms with E-state index in [1.54, 1.807) is 11.3 Å². The van der Waals surface area contributed by atoms with Crippen LogP contribution in [-0.2, 0) is 0 Å². The van der Waals surface area contributed by atoms with Gasteiger partial charge in [-0.2, -0.15) is 0 Å². The molecule has 0 aromatic carbocycles. The minimum Gasteiger partial charge on any atom is -0.370 e. The summed E-state index contributed by atoms with van der Waals surface area (Å²) >= 11 is 1.72. The summed E-state index contributed by atoms with van der Waals surface area (Å²) in [6.45, 7) is 5.62. The number of nitrogens with zero attached hydrogens (tertiary/aromatic N) is 3. The molecule has 5 nitrogen and oxygen atoms in total. The van der Waals surface area contributed by atoms with Crippen molar-refractivity contribution >= 4 is 33.0 Å². The van der Waals surface area contributed by atoms with Gasteiger partial charge < -0.3 is 15.1 Å². The number of rotatable bonds is 3. The molecule has 4 aliphatic rings. The fourth-order valence-corrected chi connectivity index (χ4v) is 5.54. The highest BCUT2D eigenvalue weighted by molar-refractivity contribution is 7.17. The summed E-state index contributed by atoms with van der Waals surface area (Å²) in [5.74, 6) is 0.623. The maximum Gasteiger partial charge on any atom is 0.270 e. The quantitative estimate of drug-likeness (QED) is 0.919. The van der Waals surface area contributed by atoms with Crippen LogP contribution in [0.1, 0.15) is 36.2 Å². The van der Waals surface area contributed by atoms with Gasteiger partial charge >= 0.3 is 0 Å². The second-order valence-corrected chi connectivity index (χ2v) is 8.51. The van der Waals surface area contributed by atoms with Gasteiger partial charge in [-0.05, 0) is 50.8 Å². The molecule has 6 heterocycles. The molecule has 1 atom stereocenters. The van der Waals surface area contributed by atoms with Crippen LogP contribution in [0, 0.1) is 5.92 Å². The zero-order valence-corrected chi connectivity index (χ0v) is 15.2. The van der Waals surface area contributed by atoms with Crippen molar-refractivity contribution in [1.82, 2.24) is 15.2 Å². The summed E-state index contributed by atoms with van der Waals surface area (Å²) in [5, 5.41) is 6.66. The summed E-state index contributed by atoms with van der Waals surface area (Å²) in [7, 11) is 0. The molecule has 6 rings (SSSR count). The summed E-state index contributed by atoms with van der Waals surface area (Å²) in [4.78, 5) is 22.1. The maximum atomic E-state index is 12.8. The van der Waals surface area contributed by atoms with Gasteiger partial charge in [0.25, 0.3) is 5.91 Å². The van der Waals surface area contributed by atoms with E-state index in [-0.39, 0.29) is 11.9 Å². The third-order valence-electron chi connectivity index (χ3n) is 6.09. The SMILES string of the molecule is O=C(N[C@H]1CN2CCC1CC2)c1cc2c(N3CCCC3)csc2cn1. The van der Waals surface area contributed by atoms with Crippen molar-refractivity contribution in [2.75, 3.05) is 37.6 Å². The fourth-order valence-electron chi connectivity index (χ4n) is 4.62. The molecule has 2 aromatic heterocycles. The number of anilines is 1. The van der Waals surface area contributed by atoms with Crippen LogP contribution in [0.2, 0.25) is 0 Å². The van der Waals surface area contributed by atoms with Crippen LogP contribution in [-0.4, -0.2) is 54.6 Å². The predicted octanol–water partition coefficient (Wildman–Crippen LogP) is 2.72. The van der Waals surface area contributed by atoms with Crippen molar-refractivity contribution in [3.8, 4) is 0 Å². The summed E-state index contributed by atoms with van der Waals surface area (Å²) in [6.07, 6.45) is 6.80. The lowest BCUT2D eigenvalue weighted by molar-refractivity contribution is 0.0618. The highest BCUT2D eigenvalue weighted by Crippen LogP contribution is 2.35. The number of carbonyl (C=O) groups excluding carboxylic acids is 1. The largest absolute Gasteiger partial charge is 0.370 e. The first kappa shape index (κ1) is 15.6. The minimum atomic E-state index is -0.0146. The second kappa shape index (κ2) is 6.25. The van der Waals surface area contributed by atoms with E-state index in [1.165, 1.54) is 54.5 Å². The minimum absolute atomic E-state index is 0.0146. The Labute approximate surface area is 152 Å². The number of nitrogens with one attached hydrogen (secondary N) is 1. The zero-order valence-electron chi connectivity index (χ0n) is 14.4. The molecular formula is C19H24N4OS. The first-order chi connectivity index (χ1) is 12.3. The highest BCUT2D eigenvalue weighted by atomic mass is 32.1. The Morgan fingerprint density at radius 3 is 2.72 bits per heavy atom. The van der Waals surface area contributed by atoms with E-state index in [4.69, 9.17) is 0 Å². The number of hydrogen-bond donors (Lipinski definition) is 1. The van der Waals surface area contributed by atoms with Gasteiger partial charge in [0.15, 0.2) is 0 Å². The van der Waals surface area contributed by atoms with Gasteiger partial charge in [0.1, 0.15) is 5.69 Å². The van der Waals surface area contributed by atoms with Crippen LogP contribution in [0.4, 0.5) is 5.69 Å². The standard InChI is InChI=1S/C19H24N4OS/c24-19(21-16-11-22-7-3-13(16)4-8-22)15-9-14-17(23-5-1-2-6-23)12-25-18(14)10-20-15/h9-10,12-13,16H,1-8,11H2,(H,21,24)/t16-/m0/s1. The Kier molecular flexibility index (Phi) is 3.90. The van der Waals surface area contributed by atoms with E-state index in [0.717, 1.165) is 19.6 Å². The van der Waals surface area contributed by atoms with E-state index < -0.39 is 0 Å². The van der Waals surface area contributed by atoms with E-state index in [0.29, 0.717) is 11.6 Å². The van der Waals surface area contributed by atoms with Crippen LogP contribution in [0.15, 0.2) is 17.6 Å². The van der Waals surface area contributed by atoms with Crippen molar-refractivity contribution in [1.29, 1.82) is 0 Å². The number of hydrogen-bond acceptors (Lipinski definition) is 5. The highest BCUT2D eigenvalue weighted by Gasteiger charge is 2.35. The number of pyridine rings is 1. The first-order valence-electron chi connectivity index (χ1n) is 9.43. The van der Waals surface area contributed by atoms with Gasteiger partial charge in [0.05, 0.1) is 10.4 Å². The molecule has 1 amide bonds. The molecule has 2 bridgehead atoms. The van der Waals surface area contributed by atoms with Crippen molar-refractivity contribution in [3.63, 3.8) is 0 Å². The van der Waals surface area contributed by atoms with Crippen LogP contribution in [0.25, 0.3) is 10.1 Å². The average Bonchev–Trinajstić information content (AvgIpc) is 3.31. The number of aromatic nitrogens is 1. The lowest BCUT2D eigenvalue weighted by atomic mass is 9.84. The van der Waals surface area contributed by atoms with Gasteiger partial charge in [0, 0.05) is 42.6 Å². The van der Waals surface area contributed by atoms with E-state index in [1.807, 2.05) is 12.3 Å². The van der Waals surface area contributed by atoms with E-state index >= 15 is 0 Å². The predicted molar refractivity (Wildman–Crippen MR) is 101 cm³/mol. The average molecular weight is 356 g/mol. The van der Waals surface area contributed by atoms with Crippen molar-refractivity contribution in [2.24, 2.45) is 5.92 Å². The maximum absolute atomic E-state index is 12.8. The Morgan fingerprint density at radius 1 is 1.20 bits per heavy atom. The number of amides is 1. The number of piperidine rings is 3. The van der Waals surface area contributed by atoms with E-state index in [2.05, 4.69) is 25.5 Å². The van der Waals surface area contributed by atoms with Gasteiger partial charge in [-0.25, -0.2) is 4.98 Å². The lowest BCUT2D eigenvalue weighted by Crippen LogP contribution is -2.57. The number of thiophene rings is 1. The van der Waals surface area contributed by atoms with Gasteiger partial charge in [-0.3, -0.25) is 4.79 Å². The summed E-state index contributed by atoms with van der Waals surface area (Å²) in [6, 6.07) is 2.28. The molecule has 0 saturated carbocycles. The lowest BCUT2D eigenvalue weighted by Gasteiger charge is -2.44. The summed E-state index contributed by atoms with van der Waals surface area (Å²) < 4.78 is 1.17. The Balaban J connectivity index is 1.38. The van der Waals surface area contributed by atoms with Crippen LogP contribution < -0.4 is 10.2 Å². The van der Waals surface area contributed by atoms with Crippen LogP contribution >= 0.6 is 11.3 Å². The van der Waals surface area contributed by atoms with Gasteiger partial charge in [-0.1, -0.05) is 0 Å². The van der Waals surface area contributed by atoms with E-state index in [9.17, 15) is 4.79 Å². The molecule has 4 saturated heterocycles. The molecule has 0 spiro atoms. The molecule has 0 radical (unpaired) electrons. The molecule has 2 aromatic rings. The molecule has 0 aliphatic carbocycles. The second-order valence-electron chi connectivity index (χ2n) is 7.60. The Bertz CT molecular complexity index is 790. The molecule has 4 aliphatic heterocycles. The van der Waals surface area contributed by atoms with Gasteiger partial charge in [-0.15, -0.1) is 11.3 Å². The van der Waals surface area contributed by atoms with Crippen molar-refractivity contribution < 1.29 is 4.79 Å². The number of fused-ring (bicyclic) bond motifs is 4. The molecular weight excluding hydrogens is 332 g/mol. The third-order valence-corrected chi connectivity index (χ3v) is 7.01. The Hall–Kier alpha value is -1.66. The monoisotopic (exact) mass is 356 g/mol. The smallest absolute Gasteiger partial charge is 0.270 e. The van der Waals surface area contributed by atoms with Crippen molar-refractivity contribution in [3.05, 3.63) is 23.3 Å². The van der Waals surface area contributed by atoms with Crippen LogP contribution in [0.5, 0.6) is 0 Å². The molecule has 0 unspecified atom stereocenters. The number of carbonyl (C=O) groups is 1. The Morgan fingerprint density at radius 2 is 2.00 bits per heavy atom. The molecule has 132 valence electrons. The topological polar surface area (TPSA) is 48.5 Å².